The zero-order valence-electron chi connectivity index (χ0n) is 10.3. The minimum Gasteiger partial charge on any atom is -0.399 e. The second-order valence-corrected chi connectivity index (χ2v) is 3.96. The zero-order chi connectivity index (χ0) is 11.8. The number of ether oxygens (including phenoxy) is 1. The van der Waals surface area contributed by atoms with E-state index in [1.807, 2.05) is 12.1 Å². The van der Waals surface area contributed by atoms with E-state index in [1.165, 1.54) is 5.56 Å². The average Bonchev–Trinajstić information content (AvgIpc) is 2.31. The van der Waals surface area contributed by atoms with E-state index in [9.17, 15) is 0 Å². The SMILES string of the molecule is CCN(CCCOC)Cc1ccc(N)cc1. The Bertz CT molecular complexity index is 284. The number of benzene rings is 1. The fraction of sp³-hybridized carbons (Fsp3) is 0.538. The van der Waals surface area contributed by atoms with Gasteiger partial charge in [-0.05, 0) is 30.7 Å². The van der Waals surface area contributed by atoms with Crippen molar-refractivity contribution in [2.45, 2.75) is 19.9 Å². The number of anilines is 1. The van der Waals surface area contributed by atoms with Crippen LogP contribution in [0.25, 0.3) is 0 Å². The van der Waals surface area contributed by atoms with Crippen molar-refractivity contribution in [1.29, 1.82) is 0 Å². The summed E-state index contributed by atoms with van der Waals surface area (Å²) in [5.41, 5.74) is 7.80. The molecule has 90 valence electrons. The van der Waals surface area contributed by atoms with Gasteiger partial charge in [-0.1, -0.05) is 19.1 Å². The first-order valence-electron chi connectivity index (χ1n) is 5.82. The molecule has 0 fully saturated rings. The van der Waals surface area contributed by atoms with Gasteiger partial charge < -0.3 is 10.5 Å². The van der Waals surface area contributed by atoms with Crippen molar-refractivity contribution in [2.75, 3.05) is 32.5 Å². The molecule has 0 saturated heterocycles. The Balaban J connectivity index is 2.40. The number of rotatable bonds is 7. The first-order chi connectivity index (χ1) is 7.76. The van der Waals surface area contributed by atoms with Crippen LogP contribution in [0.1, 0.15) is 18.9 Å². The Morgan fingerprint density at radius 2 is 1.94 bits per heavy atom. The maximum absolute atomic E-state index is 5.66. The molecule has 0 aliphatic carbocycles. The van der Waals surface area contributed by atoms with Crippen LogP contribution in [0.15, 0.2) is 24.3 Å². The maximum atomic E-state index is 5.66. The summed E-state index contributed by atoms with van der Waals surface area (Å²) in [6.07, 6.45) is 1.08. The van der Waals surface area contributed by atoms with E-state index in [4.69, 9.17) is 10.5 Å². The lowest BCUT2D eigenvalue weighted by Gasteiger charge is -2.20. The van der Waals surface area contributed by atoms with Gasteiger partial charge in [-0.25, -0.2) is 0 Å². The highest BCUT2D eigenvalue weighted by atomic mass is 16.5. The van der Waals surface area contributed by atoms with Crippen LogP contribution in [0.4, 0.5) is 5.69 Å². The smallest absolute Gasteiger partial charge is 0.0474 e. The highest BCUT2D eigenvalue weighted by molar-refractivity contribution is 5.39. The highest BCUT2D eigenvalue weighted by Crippen LogP contribution is 2.08. The van der Waals surface area contributed by atoms with Gasteiger partial charge in [-0.2, -0.15) is 0 Å². The summed E-state index contributed by atoms with van der Waals surface area (Å²) in [6, 6.07) is 8.10. The molecule has 2 N–H and O–H groups in total. The maximum Gasteiger partial charge on any atom is 0.0474 e. The minimum absolute atomic E-state index is 0.825. The number of nitrogens with zero attached hydrogens (tertiary/aromatic N) is 1. The van der Waals surface area contributed by atoms with Crippen molar-refractivity contribution in [3.05, 3.63) is 29.8 Å². The van der Waals surface area contributed by atoms with Crippen LogP contribution in [0.5, 0.6) is 0 Å². The van der Waals surface area contributed by atoms with E-state index in [2.05, 4.69) is 24.0 Å². The lowest BCUT2D eigenvalue weighted by molar-refractivity contribution is 0.171. The molecule has 0 unspecified atom stereocenters. The summed E-state index contributed by atoms with van der Waals surface area (Å²) in [7, 11) is 1.75. The van der Waals surface area contributed by atoms with Gasteiger partial charge in [0.15, 0.2) is 0 Å². The Kier molecular flexibility index (Phi) is 5.90. The van der Waals surface area contributed by atoms with Gasteiger partial charge in [0, 0.05) is 32.5 Å². The predicted octanol–water partition coefficient (Wildman–Crippen LogP) is 2.13. The topological polar surface area (TPSA) is 38.5 Å². The van der Waals surface area contributed by atoms with Crippen LogP contribution >= 0.6 is 0 Å². The van der Waals surface area contributed by atoms with Gasteiger partial charge in [-0.15, -0.1) is 0 Å². The van der Waals surface area contributed by atoms with Crippen LogP contribution in [0, 0.1) is 0 Å². The lowest BCUT2D eigenvalue weighted by Crippen LogP contribution is -2.24. The third-order valence-electron chi connectivity index (χ3n) is 2.66. The van der Waals surface area contributed by atoms with E-state index in [-0.39, 0.29) is 0 Å². The van der Waals surface area contributed by atoms with Gasteiger partial charge in [0.25, 0.3) is 0 Å². The standard InChI is InChI=1S/C13H22N2O/c1-3-15(9-4-10-16-2)11-12-5-7-13(14)8-6-12/h5-8H,3-4,9-11,14H2,1-2H3. The van der Waals surface area contributed by atoms with Crippen molar-refractivity contribution in [2.24, 2.45) is 0 Å². The molecule has 0 bridgehead atoms. The molecular formula is C13H22N2O. The summed E-state index contributed by atoms with van der Waals surface area (Å²) >= 11 is 0. The lowest BCUT2D eigenvalue weighted by atomic mass is 10.2. The zero-order valence-corrected chi connectivity index (χ0v) is 10.3. The summed E-state index contributed by atoms with van der Waals surface area (Å²) < 4.78 is 5.06. The molecule has 0 atom stereocenters. The fourth-order valence-electron chi connectivity index (χ4n) is 1.66. The monoisotopic (exact) mass is 222 g/mol. The largest absolute Gasteiger partial charge is 0.399 e. The van der Waals surface area contributed by atoms with Crippen molar-refractivity contribution in [1.82, 2.24) is 4.90 Å². The molecule has 3 nitrogen and oxygen atoms in total. The first kappa shape index (κ1) is 13.0. The van der Waals surface area contributed by atoms with E-state index in [0.717, 1.165) is 38.3 Å². The summed E-state index contributed by atoms with van der Waals surface area (Å²) in [4.78, 5) is 2.41. The summed E-state index contributed by atoms with van der Waals surface area (Å²) in [5.74, 6) is 0. The van der Waals surface area contributed by atoms with Gasteiger partial charge in [0.2, 0.25) is 0 Å². The van der Waals surface area contributed by atoms with Crippen molar-refractivity contribution < 1.29 is 4.74 Å². The normalized spacial score (nSPS) is 10.9. The van der Waals surface area contributed by atoms with Gasteiger partial charge in [0.05, 0.1) is 0 Å². The first-order valence-corrected chi connectivity index (χ1v) is 5.82. The van der Waals surface area contributed by atoms with Crippen LogP contribution < -0.4 is 5.73 Å². The average molecular weight is 222 g/mol. The van der Waals surface area contributed by atoms with Crippen LogP contribution in [-0.2, 0) is 11.3 Å². The Morgan fingerprint density at radius 1 is 1.25 bits per heavy atom. The number of methoxy groups -OCH3 is 1. The number of nitrogen functional groups attached to an aromatic ring is 1. The van der Waals surface area contributed by atoms with Gasteiger partial charge in [0.1, 0.15) is 0 Å². The number of hydrogen-bond donors (Lipinski definition) is 1. The Labute approximate surface area is 98.2 Å². The molecule has 3 heteroatoms. The molecule has 1 aromatic carbocycles. The second-order valence-electron chi connectivity index (χ2n) is 3.96. The third kappa shape index (κ3) is 4.64. The summed E-state index contributed by atoms with van der Waals surface area (Å²) in [5, 5.41) is 0. The molecule has 16 heavy (non-hydrogen) atoms. The van der Waals surface area contributed by atoms with E-state index in [1.54, 1.807) is 7.11 Å². The van der Waals surface area contributed by atoms with E-state index < -0.39 is 0 Å². The Morgan fingerprint density at radius 3 is 2.50 bits per heavy atom. The molecule has 0 aliphatic heterocycles. The molecule has 0 aromatic heterocycles. The Hall–Kier alpha value is -1.06. The molecular weight excluding hydrogens is 200 g/mol. The molecule has 0 aliphatic rings. The molecule has 0 amide bonds. The predicted molar refractivity (Wildman–Crippen MR) is 68.3 cm³/mol. The second kappa shape index (κ2) is 7.25. The molecule has 0 saturated carbocycles. The quantitative estimate of drug-likeness (QED) is 0.567. The third-order valence-corrected chi connectivity index (χ3v) is 2.66. The van der Waals surface area contributed by atoms with Crippen LogP contribution in [0.2, 0.25) is 0 Å². The van der Waals surface area contributed by atoms with E-state index in [0.29, 0.717) is 0 Å². The highest BCUT2D eigenvalue weighted by Gasteiger charge is 2.03. The van der Waals surface area contributed by atoms with Crippen molar-refractivity contribution in [3.8, 4) is 0 Å². The van der Waals surface area contributed by atoms with Crippen molar-refractivity contribution in [3.63, 3.8) is 0 Å². The molecule has 0 heterocycles. The van der Waals surface area contributed by atoms with Gasteiger partial charge in [-0.3, -0.25) is 4.90 Å². The van der Waals surface area contributed by atoms with Crippen molar-refractivity contribution >= 4 is 5.69 Å². The molecule has 0 radical (unpaired) electrons. The number of nitrogens with two attached hydrogens (primary N) is 1. The van der Waals surface area contributed by atoms with Crippen LogP contribution in [0.3, 0.4) is 0 Å². The van der Waals surface area contributed by atoms with E-state index >= 15 is 0 Å². The van der Waals surface area contributed by atoms with Crippen LogP contribution in [-0.4, -0.2) is 31.7 Å². The molecule has 0 spiro atoms. The molecule has 1 rings (SSSR count). The minimum atomic E-state index is 0.825. The van der Waals surface area contributed by atoms with Gasteiger partial charge >= 0.3 is 0 Å². The fourth-order valence-corrected chi connectivity index (χ4v) is 1.66. The summed E-state index contributed by atoms with van der Waals surface area (Å²) in [6.45, 7) is 6.14. The number of hydrogen-bond acceptors (Lipinski definition) is 3. The molecule has 1 aromatic rings.